The Bertz CT molecular complexity index is 1310. The van der Waals surface area contributed by atoms with E-state index in [2.05, 4.69) is 9.47 Å². The predicted octanol–water partition coefficient (Wildman–Crippen LogP) is 4.71. The molecule has 2 aliphatic rings. The Morgan fingerprint density at radius 1 is 1.03 bits per heavy atom. The fraction of sp³-hybridized carbons (Fsp3) is 0.357. The first kappa shape index (κ1) is 23.5. The van der Waals surface area contributed by atoms with E-state index in [1.54, 1.807) is 13.2 Å². The van der Waals surface area contributed by atoms with E-state index in [9.17, 15) is 9.59 Å². The van der Waals surface area contributed by atoms with Crippen LogP contribution in [0.25, 0.3) is 0 Å². The lowest BCUT2D eigenvalue weighted by molar-refractivity contribution is 0.0743. The summed E-state index contributed by atoms with van der Waals surface area (Å²) in [6.07, 6.45) is 2.00. The molecular weight excluding hydrogens is 462 g/mol. The van der Waals surface area contributed by atoms with Gasteiger partial charge in [-0.2, -0.15) is 0 Å². The number of ether oxygens (including phenoxy) is 1. The molecule has 2 fully saturated rings. The number of carbonyl (C=O) groups is 1. The molecule has 0 bridgehead atoms. The highest BCUT2D eigenvalue weighted by molar-refractivity contribution is 6.30. The monoisotopic (exact) mass is 491 g/mol. The van der Waals surface area contributed by atoms with Crippen molar-refractivity contribution in [1.29, 1.82) is 0 Å². The van der Waals surface area contributed by atoms with Crippen LogP contribution in [0.3, 0.4) is 0 Å². The fourth-order valence-electron chi connectivity index (χ4n) is 5.00. The topological polar surface area (TPSA) is 54.8 Å². The third-order valence-electron chi connectivity index (χ3n) is 7.00. The van der Waals surface area contributed by atoms with Gasteiger partial charge in [-0.15, -0.1) is 0 Å². The number of piperazine rings is 1. The van der Waals surface area contributed by atoms with Crippen molar-refractivity contribution in [1.82, 2.24) is 9.47 Å². The van der Waals surface area contributed by atoms with E-state index in [0.717, 1.165) is 41.2 Å². The number of hydrogen-bond donors (Lipinski definition) is 0. The van der Waals surface area contributed by atoms with Gasteiger partial charge in [0.15, 0.2) is 5.43 Å². The Labute approximate surface area is 210 Å². The predicted molar refractivity (Wildman–Crippen MR) is 139 cm³/mol. The van der Waals surface area contributed by atoms with Crippen LogP contribution in [0.5, 0.6) is 5.75 Å². The maximum Gasteiger partial charge on any atom is 0.259 e. The van der Waals surface area contributed by atoms with Crippen molar-refractivity contribution in [2.75, 3.05) is 38.2 Å². The van der Waals surface area contributed by atoms with Crippen molar-refractivity contribution in [3.05, 3.63) is 92.4 Å². The van der Waals surface area contributed by atoms with Gasteiger partial charge in [0.25, 0.3) is 5.91 Å². The second-order valence-corrected chi connectivity index (χ2v) is 9.78. The summed E-state index contributed by atoms with van der Waals surface area (Å²) in [6.45, 7) is 5.04. The maximum atomic E-state index is 13.8. The lowest BCUT2D eigenvalue weighted by atomic mass is 10.0. The van der Waals surface area contributed by atoms with Crippen molar-refractivity contribution in [3.8, 4) is 5.75 Å². The number of carbonyl (C=O) groups excluding carboxylic acids is 1. The molecule has 1 aliphatic carbocycles. The molecule has 0 spiro atoms. The standard InChI is InChI=1S/C28H30ClN3O3/c1-19-16-24(33)26(27(20-10-11-20)32(19)18-21-6-3-4-9-25(21)35-2)28(34)31-14-12-30(13-15-31)23-8-5-7-22(29)17-23/h3-9,16-17,20H,10-15,18H2,1-2H3. The van der Waals surface area contributed by atoms with Crippen molar-refractivity contribution >= 4 is 23.2 Å². The van der Waals surface area contributed by atoms with Crippen LogP contribution in [0, 0.1) is 6.92 Å². The van der Waals surface area contributed by atoms with Gasteiger partial charge in [-0.05, 0) is 44.0 Å². The van der Waals surface area contributed by atoms with Crippen molar-refractivity contribution in [2.45, 2.75) is 32.2 Å². The third-order valence-corrected chi connectivity index (χ3v) is 7.23. The summed E-state index contributed by atoms with van der Waals surface area (Å²) in [6, 6.07) is 17.3. The SMILES string of the molecule is COc1ccccc1Cn1c(C)cc(=O)c(C(=O)N2CCN(c3cccc(Cl)c3)CC2)c1C1CC1. The number of halogens is 1. The molecule has 2 aromatic carbocycles. The minimum Gasteiger partial charge on any atom is -0.496 e. The first-order valence-corrected chi connectivity index (χ1v) is 12.5. The molecule has 3 aromatic rings. The van der Waals surface area contributed by atoms with E-state index >= 15 is 0 Å². The number of amides is 1. The average Bonchev–Trinajstić information content (AvgIpc) is 3.71. The number of aromatic nitrogens is 1. The molecule has 0 N–H and O–H groups in total. The van der Waals surface area contributed by atoms with E-state index in [-0.39, 0.29) is 17.3 Å². The number of aryl methyl sites for hydroxylation is 1. The van der Waals surface area contributed by atoms with Crippen molar-refractivity contribution in [2.24, 2.45) is 0 Å². The van der Waals surface area contributed by atoms with Crippen LogP contribution in [-0.2, 0) is 6.54 Å². The van der Waals surface area contributed by atoms with Gasteiger partial charge in [-0.25, -0.2) is 0 Å². The summed E-state index contributed by atoms with van der Waals surface area (Å²) in [4.78, 5) is 31.0. The maximum absolute atomic E-state index is 13.8. The van der Waals surface area contributed by atoms with Crippen LogP contribution in [0.1, 0.15) is 46.1 Å². The van der Waals surface area contributed by atoms with Gasteiger partial charge in [-0.1, -0.05) is 35.9 Å². The van der Waals surface area contributed by atoms with E-state index in [1.807, 2.05) is 60.4 Å². The minimum absolute atomic E-state index is 0.156. The van der Waals surface area contributed by atoms with Crippen molar-refractivity contribution in [3.63, 3.8) is 0 Å². The van der Waals surface area contributed by atoms with E-state index in [4.69, 9.17) is 16.3 Å². The second-order valence-electron chi connectivity index (χ2n) is 9.34. The summed E-state index contributed by atoms with van der Waals surface area (Å²) < 4.78 is 7.71. The zero-order chi connectivity index (χ0) is 24.5. The number of para-hydroxylation sites is 1. The Kier molecular flexibility index (Phi) is 6.56. The quantitative estimate of drug-likeness (QED) is 0.501. The molecule has 1 saturated heterocycles. The van der Waals surface area contributed by atoms with Crippen LogP contribution in [0.4, 0.5) is 5.69 Å². The summed E-state index contributed by atoms with van der Waals surface area (Å²) in [5, 5.41) is 0.699. The van der Waals surface area contributed by atoms with Gasteiger partial charge in [0.05, 0.1) is 13.7 Å². The number of pyridine rings is 1. The van der Waals surface area contributed by atoms with Crippen LogP contribution >= 0.6 is 11.6 Å². The van der Waals surface area contributed by atoms with Gasteiger partial charge in [-0.3, -0.25) is 9.59 Å². The summed E-state index contributed by atoms with van der Waals surface area (Å²) in [5.41, 5.74) is 3.98. The van der Waals surface area contributed by atoms with Crippen LogP contribution in [-0.4, -0.2) is 48.7 Å². The lowest BCUT2D eigenvalue weighted by Gasteiger charge is -2.36. The number of benzene rings is 2. The van der Waals surface area contributed by atoms with E-state index < -0.39 is 0 Å². The molecule has 1 aliphatic heterocycles. The molecule has 6 nitrogen and oxygen atoms in total. The van der Waals surface area contributed by atoms with E-state index in [0.29, 0.717) is 43.3 Å². The third kappa shape index (κ3) is 4.80. The molecule has 5 rings (SSSR count). The van der Waals surface area contributed by atoms with Gasteiger partial charge in [0, 0.05) is 65.8 Å². The first-order valence-electron chi connectivity index (χ1n) is 12.1. The molecule has 1 saturated carbocycles. The molecule has 2 heterocycles. The molecule has 0 atom stereocenters. The summed E-state index contributed by atoms with van der Waals surface area (Å²) in [5.74, 6) is 0.887. The van der Waals surface area contributed by atoms with Gasteiger partial charge in [0.2, 0.25) is 0 Å². The Hall–Kier alpha value is -3.25. The summed E-state index contributed by atoms with van der Waals surface area (Å²) >= 11 is 6.16. The number of rotatable bonds is 6. The first-order chi connectivity index (χ1) is 17.0. The van der Waals surface area contributed by atoms with E-state index in [1.165, 1.54) is 0 Å². The average molecular weight is 492 g/mol. The normalized spacial score (nSPS) is 15.9. The highest BCUT2D eigenvalue weighted by Crippen LogP contribution is 2.42. The Morgan fingerprint density at radius 2 is 1.77 bits per heavy atom. The Morgan fingerprint density at radius 3 is 2.46 bits per heavy atom. The molecule has 7 heteroatoms. The minimum atomic E-state index is -0.178. The Balaban J connectivity index is 1.44. The molecular formula is C28H30ClN3O3. The lowest BCUT2D eigenvalue weighted by Crippen LogP contribution is -2.50. The van der Waals surface area contributed by atoms with Crippen LogP contribution in [0.2, 0.25) is 5.02 Å². The molecule has 182 valence electrons. The molecule has 35 heavy (non-hydrogen) atoms. The van der Waals surface area contributed by atoms with Crippen molar-refractivity contribution < 1.29 is 9.53 Å². The molecule has 1 amide bonds. The largest absolute Gasteiger partial charge is 0.496 e. The van der Waals surface area contributed by atoms with Gasteiger partial charge < -0.3 is 19.1 Å². The van der Waals surface area contributed by atoms with Crippen LogP contribution in [0.15, 0.2) is 59.4 Å². The highest BCUT2D eigenvalue weighted by atomic mass is 35.5. The summed E-state index contributed by atoms with van der Waals surface area (Å²) in [7, 11) is 1.66. The zero-order valence-corrected chi connectivity index (χ0v) is 20.9. The molecule has 1 aromatic heterocycles. The molecule has 0 radical (unpaired) electrons. The number of anilines is 1. The van der Waals surface area contributed by atoms with Gasteiger partial charge in [0.1, 0.15) is 11.3 Å². The fourth-order valence-corrected chi connectivity index (χ4v) is 5.18. The second kappa shape index (κ2) is 9.78. The van der Waals surface area contributed by atoms with Gasteiger partial charge >= 0.3 is 0 Å². The number of hydrogen-bond acceptors (Lipinski definition) is 4. The highest BCUT2D eigenvalue weighted by Gasteiger charge is 2.35. The number of nitrogens with zero attached hydrogens (tertiary/aromatic N) is 3. The number of methoxy groups -OCH3 is 1. The zero-order valence-electron chi connectivity index (χ0n) is 20.2. The van der Waals surface area contributed by atoms with Crippen LogP contribution < -0.4 is 15.1 Å². The molecule has 0 unspecified atom stereocenters. The smallest absolute Gasteiger partial charge is 0.259 e.